The van der Waals surface area contributed by atoms with Crippen LogP contribution in [0.1, 0.15) is 13.3 Å². The van der Waals surface area contributed by atoms with Crippen LogP contribution in [0.15, 0.2) is 24.3 Å². The Morgan fingerprint density at radius 1 is 1.29 bits per heavy atom. The molecule has 6 heteroatoms. The van der Waals surface area contributed by atoms with Gasteiger partial charge in [0.2, 0.25) is 0 Å². The summed E-state index contributed by atoms with van der Waals surface area (Å²) in [5, 5.41) is 8.93. The van der Waals surface area contributed by atoms with Crippen molar-refractivity contribution in [2.24, 2.45) is 5.92 Å². The smallest absolute Gasteiger partial charge is 0.308 e. The minimum absolute atomic E-state index is 0.115. The Morgan fingerprint density at radius 3 is 2.52 bits per heavy atom. The lowest BCUT2D eigenvalue weighted by Crippen LogP contribution is -2.33. The number of aliphatic carboxylic acids is 1. The van der Waals surface area contributed by atoms with Gasteiger partial charge in [0, 0.05) is 13.1 Å². The number of hydrogen-bond donors (Lipinski definition) is 1. The zero-order valence-corrected chi connectivity index (χ0v) is 11.9. The molecular weight excluding hydrogens is 274 g/mol. The topological polar surface area (TPSA) is 76.1 Å². The van der Waals surface area contributed by atoms with E-state index in [9.17, 15) is 9.59 Å². The van der Waals surface area contributed by atoms with Crippen molar-refractivity contribution < 1.29 is 24.2 Å². The number of hydrogen-bond acceptors (Lipinski definition) is 4. The summed E-state index contributed by atoms with van der Waals surface area (Å²) in [4.78, 5) is 24.4. The molecule has 0 radical (unpaired) electrons. The lowest BCUT2D eigenvalue weighted by Gasteiger charge is -2.17. The molecule has 1 aliphatic rings. The molecule has 0 aromatic heterocycles. The molecule has 0 spiro atoms. The standard InChI is InChI=1S/C15H19NO5/c1-2-20-12-5-3-4-6-13(12)21-10-14(17)16-8-7-11(9-16)15(18)19/h3-6,11H,2,7-10H2,1H3,(H,18,19)/t11-/m1/s1. The number of carbonyl (C=O) groups excluding carboxylic acids is 1. The van der Waals surface area contributed by atoms with Gasteiger partial charge < -0.3 is 19.5 Å². The van der Waals surface area contributed by atoms with Crippen molar-refractivity contribution >= 4 is 11.9 Å². The Kier molecular flexibility index (Phi) is 5.03. The van der Waals surface area contributed by atoms with Gasteiger partial charge in [-0.2, -0.15) is 0 Å². The fourth-order valence-corrected chi connectivity index (χ4v) is 2.26. The van der Waals surface area contributed by atoms with Crippen LogP contribution in [0, 0.1) is 5.92 Å². The zero-order valence-electron chi connectivity index (χ0n) is 11.9. The van der Waals surface area contributed by atoms with Gasteiger partial charge in [0.1, 0.15) is 0 Å². The predicted molar refractivity (Wildman–Crippen MR) is 75.4 cm³/mol. The van der Waals surface area contributed by atoms with Crippen molar-refractivity contribution in [1.29, 1.82) is 0 Å². The number of amides is 1. The van der Waals surface area contributed by atoms with Crippen LogP contribution >= 0.6 is 0 Å². The summed E-state index contributed by atoms with van der Waals surface area (Å²) in [5.74, 6) is -0.415. The Morgan fingerprint density at radius 2 is 1.95 bits per heavy atom. The van der Waals surface area contributed by atoms with E-state index in [0.29, 0.717) is 31.1 Å². The average Bonchev–Trinajstić information content (AvgIpc) is 2.96. The van der Waals surface area contributed by atoms with Crippen LogP contribution in [-0.4, -0.2) is 48.2 Å². The molecular formula is C15H19NO5. The Hall–Kier alpha value is -2.24. The van der Waals surface area contributed by atoms with E-state index >= 15 is 0 Å². The average molecular weight is 293 g/mol. The molecule has 1 N–H and O–H groups in total. The number of para-hydroxylation sites is 2. The molecule has 1 saturated heterocycles. The number of carboxylic acid groups (broad SMARTS) is 1. The summed E-state index contributed by atoms with van der Waals surface area (Å²) >= 11 is 0. The minimum atomic E-state index is -0.854. The molecule has 1 aromatic carbocycles. The predicted octanol–water partition coefficient (Wildman–Crippen LogP) is 1.40. The summed E-state index contributed by atoms with van der Waals surface area (Å²) in [6.45, 7) is 2.99. The minimum Gasteiger partial charge on any atom is -0.490 e. The molecule has 0 unspecified atom stereocenters. The molecule has 0 bridgehead atoms. The number of carboxylic acids is 1. The quantitative estimate of drug-likeness (QED) is 0.858. The van der Waals surface area contributed by atoms with Crippen molar-refractivity contribution in [3.8, 4) is 11.5 Å². The van der Waals surface area contributed by atoms with Crippen LogP contribution < -0.4 is 9.47 Å². The van der Waals surface area contributed by atoms with Gasteiger partial charge in [0.25, 0.3) is 5.91 Å². The molecule has 0 aliphatic carbocycles. The molecule has 6 nitrogen and oxygen atoms in total. The van der Waals surface area contributed by atoms with Gasteiger partial charge in [-0.25, -0.2) is 0 Å². The number of carbonyl (C=O) groups is 2. The fraction of sp³-hybridized carbons (Fsp3) is 0.467. The highest BCUT2D eigenvalue weighted by Crippen LogP contribution is 2.26. The molecule has 1 heterocycles. The maximum absolute atomic E-state index is 12.0. The van der Waals surface area contributed by atoms with Crippen LogP contribution in [0.4, 0.5) is 0 Å². The summed E-state index contributed by atoms with van der Waals surface area (Å²) < 4.78 is 10.9. The molecule has 114 valence electrons. The number of likely N-dealkylation sites (tertiary alicyclic amines) is 1. The second-order valence-electron chi connectivity index (χ2n) is 4.83. The van der Waals surface area contributed by atoms with Crippen molar-refractivity contribution in [3.05, 3.63) is 24.3 Å². The highest BCUT2D eigenvalue weighted by molar-refractivity contribution is 5.80. The van der Waals surface area contributed by atoms with Crippen molar-refractivity contribution in [3.63, 3.8) is 0 Å². The lowest BCUT2D eigenvalue weighted by atomic mass is 10.1. The Bertz CT molecular complexity index is 517. The Balaban J connectivity index is 1.89. The summed E-state index contributed by atoms with van der Waals surface area (Å²) in [6.07, 6.45) is 0.497. The summed E-state index contributed by atoms with van der Waals surface area (Å²) in [6, 6.07) is 7.15. The molecule has 0 saturated carbocycles. The van der Waals surface area contributed by atoms with Gasteiger partial charge in [-0.15, -0.1) is 0 Å². The molecule has 1 aliphatic heterocycles. The third-order valence-electron chi connectivity index (χ3n) is 3.39. The van der Waals surface area contributed by atoms with E-state index in [0.717, 1.165) is 0 Å². The molecule has 21 heavy (non-hydrogen) atoms. The van der Waals surface area contributed by atoms with Gasteiger partial charge >= 0.3 is 5.97 Å². The molecule has 1 aromatic rings. The SMILES string of the molecule is CCOc1ccccc1OCC(=O)N1CC[C@@H](C(=O)O)C1. The number of rotatable bonds is 6. The maximum Gasteiger partial charge on any atom is 0.308 e. The Labute approximate surface area is 123 Å². The first-order chi connectivity index (χ1) is 10.1. The first kappa shape index (κ1) is 15.2. The van der Waals surface area contributed by atoms with Crippen LogP contribution in [0.25, 0.3) is 0 Å². The van der Waals surface area contributed by atoms with Gasteiger partial charge in [-0.1, -0.05) is 12.1 Å². The third kappa shape index (κ3) is 3.87. The monoisotopic (exact) mass is 293 g/mol. The first-order valence-electron chi connectivity index (χ1n) is 6.97. The highest BCUT2D eigenvalue weighted by Gasteiger charge is 2.30. The normalized spacial score (nSPS) is 17.6. The lowest BCUT2D eigenvalue weighted by molar-refractivity contribution is -0.141. The van der Waals surface area contributed by atoms with E-state index in [1.807, 2.05) is 13.0 Å². The van der Waals surface area contributed by atoms with E-state index in [-0.39, 0.29) is 19.1 Å². The first-order valence-corrected chi connectivity index (χ1v) is 6.97. The molecule has 1 fully saturated rings. The van der Waals surface area contributed by atoms with E-state index in [4.69, 9.17) is 14.6 Å². The number of ether oxygens (including phenoxy) is 2. The van der Waals surface area contributed by atoms with Crippen molar-refractivity contribution in [2.45, 2.75) is 13.3 Å². The van der Waals surface area contributed by atoms with E-state index in [2.05, 4.69) is 0 Å². The second kappa shape index (κ2) is 6.97. The maximum atomic E-state index is 12.0. The summed E-state index contributed by atoms with van der Waals surface area (Å²) in [5.41, 5.74) is 0. The summed E-state index contributed by atoms with van der Waals surface area (Å²) in [7, 11) is 0. The van der Waals surface area contributed by atoms with E-state index in [1.165, 1.54) is 4.90 Å². The van der Waals surface area contributed by atoms with Crippen LogP contribution in [0.3, 0.4) is 0 Å². The largest absolute Gasteiger partial charge is 0.490 e. The third-order valence-corrected chi connectivity index (χ3v) is 3.39. The van der Waals surface area contributed by atoms with Crippen molar-refractivity contribution in [1.82, 2.24) is 4.90 Å². The van der Waals surface area contributed by atoms with Gasteiger partial charge in [-0.05, 0) is 25.5 Å². The number of nitrogens with zero attached hydrogens (tertiary/aromatic N) is 1. The van der Waals surface area contributed by atoms with Crippen LogP contribution in [0.5, 0.6) is 11.5 Å². The zero-order chi connectivity index (χ0) is 15.2. The van der Waals surface area contributed by atoms with Crippen molar-refractivity contribution in [2.75, 3.05) is 26.3 Å². The van der Waals surface area contributed by atoms with Crippen LogP contribution in [-0.2, 0) is 9.59 Å². The van der Waals surface area contributed by atoms with E-state index in [1.54, 1.807) is 18.2 Å². The molecule has 2 rings (SSSR count). The van der Waals surface area contributed by atoms with Gasteiger partial charge in [0.05, 0.1) is 12.5 Å². The second-order valence-corrected chi connectivity index (χ2v) is 4.83. The molecule has 1 atom stereocenters. The van der Waals surface area contributed by atoms with Crippen LogP contribution in [0.2, 0.25) is 0 Å². The van der Waals surface area contributed by atoms with Gasteiger partial charge in [0.15, 0.2) is 18.1 Å². The fourth-order valence-electron chi connectivity index (χ4n) is 2.26. The number of benzene rings is 1. The highest BCUT2D eigenvalue weighted by atomic mass is 16.5. The molecule has 1 amide bonds. The van der Waals surface area contributed by atoms with E-state index < -0.39 is 11.9 Å². The van der Waals surface area contributed by atoms with Gasteiger partial charge in [-0.3, -0.25) is 9.59 Å².